The van der Waals surface area contributed by atoms with Crippen LogP contribution in [0.3, 0.4) is 0 Å². The number of amides is 1. The summed E-state index contributed by atoms with van der Waals surface area (Å²) in [4.78, 5) is 27.4. The molecule has 6 nitrogen and oxygen atoms in total. The fraction of sp³-hybridized carbons (Fsp3) is 0.300. The van der Waals surface area contributed by atoms with Gasteiger partial charge in [0.1, 0.15) is 6.61 Å². The van der Waals surface area contributed by atoms with Crippen LogP contribution in [0.25, 0.3) is 0 Å². The Bertz CT molecular complexity index is 458. The van der Waals surface area contributed by atoms with E-state index in [9.17, 15) is 9.59 Å². The minimum Gasteiger partial charge on any atom is -0.488 e. The minimum absolute atomic E-state index is 0.0455. The van der Waals surface area contributed by atoms with Crippen molar-refractivity contribution in [3.8, 4) is 5.75 Å². The molecule has 0 fully saturated rings. The second kappa shape index (κ2) is 3.80. The molecule has 1 N–H and O–H groups in total. The number of hydrogen-bond acceptors (Lipinski definition) is 4. The third-order valence-corrected chi connectivity index (χ3v) is 2.29. The van der Waals surface area contributed by atoms with Crippen LogP contribution in [0.5, 0.6) is 5.75 Å². The summed E-state index contributed by atoms with van der Waals surface area (Å²) in [6, 6.07) is 1.37. The van der Waals surface area contributed by atoms with E-state index in [1.165, 1.54) is 24.1 Å². The van der Waals surface area contributed by atoms with Crippen LogP contribution in [0.15, 0.2) is 12.3 Å². The molecule has 1 aliphatic rings. The molecule has 0 spiro atoms. The molecule has 16 heavy (non-hydrogen) atoms. The van der Waals surface area contributed by atoms with E-state index in [1.807, 2.05) is 0 Å². The molecule has 84 valence electrons. The number of aromatic nitrogens is 1. The zero-order valence-electron chi connectivity index (χ0n) is 8.64. The summed E-state index contributed by atoms with van der Waals surface area (Å²) in [7, 11) is 0. The van der Waals surface area contributed by atoms with Crippen LogP contribution in [0.1, 0.15) is 17.3 Å². The molecule has 1 aliphatic heterocycles. The quantitative estimate of drug-likeness (QED) is 0.749. The zero-order chi connectivity index (χ0) is 11.7. The number of hydrogen-bond donors (Lipinski definition) is 1. The maximum atomic E-state index is 11.3. The number of rotatable bonds is 1. The first-order chi connectivity index (χ1) is 7.59. The summed E-state index contributed by atoms with van der Waals surface area (Å²) < 4.78 is 5.27. The number of pyridine rings is 1. The monoisotopic (exact) mass is 222 g/mol. The van der Waals surface area contributed by atoms with Gasteiger partial charge in [0.25, 0.3) is 0 Å². The molecule has 0 unspecified atom stereocenters. The van der Waals surface area contributed by atoms with Crippen molar-refractivity contribution in [3.63, 3.8) is 0 Å². The maximum absolute atomic E-state index is 11.3. The van der Waals surface area contributed by atoms with E-state index < -0.39 is 5.97 Å². The predicted molar refractivity (Wildman–Crippen MR) is 54.7 cm³/mol. The molecule has 0 aliphatic carbocycles. The van der Waals surface area contributed by atoms with Crippen LogP contribution in [0.4, 0.5) is 5.82 Å². The Morgan fingerprint density at radius 3 is 2.94 bits per heavy atom. The molecule has 0 aromatic carbocycles. The average molecular weight is 222 g/mol. The highest BCUT2D eigenvalue weighted by Gasteiger charge is 2.23. The fourth-order valence-corrected chi connectivity index (χ4v) is 1.52. The van der Waals surface area contributed by atoms with Gasteiger partial charge in [-0.2, -0.15) is 0 Å². The molecule has 1 aromatic heterocycles. The molecular formula is C10H10N2O4. The number of aromatic carboxylic acids is 1. The topological polar surface area (TPSA) is 79.7 Å². The van der Waals surface area contributed by atoms with Crippen LogP contribution in [-0.4, -0.2) is 35.1 Å². The molecule has 0 saturated heterocycles. The normalized spacial score (nSPS) is 13.9. The van der Waals surface area contributed by atoms with Gasteiger partial charge in [0.15, 0.2) is 11.6 Å². The number of fused-ring (bicyclic) bond motifs is 1. The zero-order valence-corrected chi connectivity index (χ0v) is 8.64. The number of carbonyl (C=O) groups excluding carboxylic acids is 1. The summed E-state index contributed by atoms with van der Waals surface area (Å²) in [5.41, 5.74) is 0.0455. The average Bonchev–Trinajstić information content (AvgIpc) is 2.27. The first kappa shape index (κ1) is 10.4. The largest absolute Gasteiger partial charge is 0.488 e. The molecule has 1 aromatic rings. The van der Waals surface area contributed by atoms with Crippen LogP contribution < -0.4 is 9.64 Å². The standard InChI is InChI=1S/C10H10N2O4/c1-6(13)12-2-3-16-8-4-7(10(14)15)5-11-9(8)12/h4-5H,2-3H2,1H3,(H,14,15). The smallest absolute Gasteiger partial charge is 0.337 e. The SMILES string of the molecule is CC(=O)N1CCOc2cc(C(=O)O)cnc21. The van der Waals surface area contributed by atoms with Gasteiger partial charge in [0.05, 0.1) is 12.1 Å². The summed E-state index contributed by atoms with van der Waals surface area (Å²) in [6.07, 6.45) is 1.21. The molecule has 0 atom stereocenters. The summed E-state index contributed by atoms with van der Waals surface area (Å²) in [5.74, 6) is -0.496. The lowest BCUT2D eigenvalue weighted by atomic mass is 10.2. The van der Waals surface area contributed by atoms with Crippen LogP contribution in [-0.2, 0) is 4.79 Å². The number of anilines is 1. The Labute approximate surface area is 91.5 Å². The highest BCUT2D eigenvalue weighted by molar-refractivity contribution is 5.94. The van der Waals surface area contributed by atoms with E-state index in [0.717, 1.165) is 0 Å². The van der Waals surface area contributed by atoms with Crippen molar-refractivity contribution in [3.05, 3.63) is 17.8 Å². The lowest BCUT2D eigenvalue weighted by molar-refractivity contribution is -0.116. The second-order valence-electron chi connectivity index (χ2n) is 3.37. The van der Waals surface area contributed by atoms with E-state index in [1.54, 1.807) is 0 Å². The highest BCUT2D eigenvalue weighted by Crippen LogP contribution is 2.29. The van der Waals surface area contributed by atoms with Gasteiger partial charge in [-0.05, 0) is 0 Å². The first-order valence-electron chi connectivity index (χ1n) is 4.74. The van der Waals surface area contributed by atoms with Crippen molar-refractivity contribution in [2.75, 3.05) is 18.1 Å². The summed E-state index contributed by atoms with van der Waals surface area (Å²) >= 11 is 0. The summed E-state index contributed by atoms with van der Waals surface area (Å²) in [6.45, 7) is 2.21. The molecule has 2 heterocycles. The second-order valence-corrected chi connectivity index (χ2v) is 3.37. The van der Waals surface area contributed by atoms with Crippen molar-refractivity contribution in [2.24, 2.45) is 0 Å². The van der Waals surface area contributed by atoms with E-state index in [2.05, 4.69) is 4.98 Å². The van der Waals surface area contributed by atoms with Gasteiger partial charge >= 0.3 is 5.97 Å². The van der Waals surface area contributed by atoms with E-state index in [4.69, 9.17) is 9.84 Å². The minimum atomic E-state index is -1.07. The molecule has 1 amide bonds. The number of carboxylic acid groups (broad SMARTS) is 1. The molecule has 2 rings (SSSR count). The third-order valence-electron chi connectivity index (χ3n) is 2.29. The fourth-order valence-electron chi connectivity index (χ4n) is 1.52. The maximum Gasteiger partial charge on any atom is 0.337 e. The van der Waals surface area contributed by atoms with Crippen LogP contribution in [0.2, 0.25) is 0 Å². The van der Waals surface area contributed by atoms with Crippen molar-refractivity contribution < 1.29 is 19.4 Å². The molecular weight excluding hydrogens is 212 g/mol. The van der Waals surface area contributed by atoms with Gasteiger partial charge in [0.2, 0.25) is 5.91 Å². The molecule has 0 saturated carbocycles. The first-order valence-corrected chi connectivity index (χ1v) is 4.74. The van der Waals surface area contributed by atoms with Crippen molar-refractivity contribution in [2.45, 2.75) is 6.92 Å². The third kappa shape index (κ3) is 1.69. The van der Waals surface area contributed by atoms with Gasteiger partial charge in [-0.25, -0.2) is 9.78 Å². The Kier molecular flexibility index (Phi) is 2.47. The highest BCUT2D eigenvalue weighted by atomic mass is 16.5. The molecule has 0 bridgehead atoms. The van der Waals surface area contributed by atoms with Crippen molar-refractivity contribution in [1.29, 1.82) is 0 Å². The van der Waals surface area contributed by atoms with Gasteiger partial charge < -0.3 is 9.84 Å². The number of carboxylic acids is 1. The van der Waals surface area contributed by atoms with Gasteiger partial charge in [0, 0.05) is 19.2 Å². The number of nitrogens with zero attached hydrogens (tertiary/aromatic N) is 2. The van der Waals surface area contributed by atoms with Gasteiger partial charge in [-0.15, -0.1) is 0 Å². The number of ether oxygens (including phenoxy) is 1. The van der Waals surface area contributed by atoms with E-state index >= 15 is 0 Å². The van der Waals surface area contributed by atoms with Gasteiger partial charge in [-0.3, -0.25) is 9.69 Å². The molecule has 6 heteroatoms. The Balaban J connectivity index is 2.44. The Hall–Kier alpha value is -2.11. The lowest BCUT2D eigenvalue weighted by Crippen LogP contribution is -2.37. The van der Waals surface area contributed by atoms with E-state index in [0.29, 0.717) is 24.7 Å². The Morgan fingerprint density at radius 1 is 1.56 bits per heavy atom. The number of carbonyl (C=O) groups is 2. The predicted octanol–water partition coefficient (Wildman–Crippen LogP) is 0.525. The van der Waals surface area contributed by atoms with Crippen molar-refractivity contribution >= 4 is 17.7 Å². The van der Waals surface area contributed by atoms with E-state index in [-0.39, 0.29) is 11.5 Å². The Morgan fingerprint density at radius 2 is 2.31 bits per heavy atom. The molecule has 0 radical (unpaired) electrons. The lowest BCUT2D eigenvalue weighted by Gasteiger charge is -2.27. The van der Waals surface area contributed by atoms with Crippen LogP contribution >= 0.6 is 0 Å². The van der Waals surface area contributed by atoms with Crippen LogP contribution in [0, 0.1) is 0 Å². The summed E-state index contributed by atoms with van der Waals surface area (Å²) in [5, 5.41) is 8.79. The van der Waals surface area contributed by atoms with Gasteiger partial charge in [-0.1, -0.05) is 0 Å². The van der Waals surface area contributed by atoms with Crippen molar-refractivity contribution in [1.82, 2.24) is 4.98 Å².